The quantitative estimate of drug-likeness (QED) is 0.342. The topological polar surface area (TPSA) is 113 Å². The van der Waals surface area contributed by atoms with Crippen LogP contribution in [0.2, 0.25) is 0 Å². The Hall–Kier alpha value is -3.35. The minimum atomic E-state index is -4.63. The molecule has 4 rings (SSSR count). The summed E-state index contributed by atoms with van der Waals surface area (Å²) in [6, 6.07) is 9.05. The van der Waals surface area contributed by atoms with Gasteiger partial charge in [-0.2, -0.15) is 13.2 Å². The third-order valence-electron chi connectivity index (χ3n) is 4.52. The van der Waals surface area contributed by atoms with Crippen LogP contribution < -0.4 is 10.5 Å². The molecule has 2 heterocycles. The molecule has 0 spiro atoms. The number of aromatic nitrogens is 4. The first-order valence-electron chi connectivity index (χ1n) is 9.05. The molecular formula is C20H14F4N6OS. The molecule has 0 aliphatic carbocycles. The van der Waals surface area contributed by atoms with Gasteiger partial charge in [0.2, 0.25) is 10.7 Å². The summed E-state index contributed by atoms with van der Waals surface area (Å²) in [6.45, 7) is 0.0755. The van der Waals surface area contributed by atoms with Crippen LogP contribution in [-0.4, -0.2) is 24.5 Å². The third-order valence-corrected chi connectivity index (χ3v) is 5.26. The minimum Gasteiger partial charge on any atom is -0.593 e. The van der Waals surface area contributed by atoms with Gasteiger partial charge < -0.3 is 9.87 Å². The smallest absolute Gasteiger partial charge is 0.451 e. The first-order chi connectivity index (χ1) is 15.2. The van der Waals surface area contributed by atoms with Crippen LogP contribution in [0.5, 0.6) is 0 Å². The summed E-state index contributed by atoms with van der Waals surface area (Å²) in [5, 5.41) is 9.12. The van der Waals surface area contributed by atoms with E-state index < -0.39 is 29.2 Å². The van der Waals surface area contributed by atoms with Crippen LogP contribution in [0.15, 0.2) is 60.0 Å². The fraction of sp³-hybridized carbons (Fsp3) is 0.100. The Balaban J connectivity index is 1.70. The van der Waals surface area contributed by atoms with Crippen LogP contribution >= 0.6 is 0 Å². The summed E-state index contributed by atoms with van der Waals surface area (Å²) in [6.07, 6.45) is -1.24. The van der Waals surface area contributed by atoms with Crippen LogP contribution in [-0.2, 0) is 24.1 Å². The van der Waals surface area contributed by atoms with E-state index in [1.54, 1.807) is 24.3 Å². The molecule has 32 heavy (non-hydrogen) atoms. The van der Waals surface area contributed by atoms with Crippen molar-refractivity contribution >= 4 is 28.1 Å². The molecule has 12 heteroatoms. The maximum atomic E-state index is 13.3. The highest BCUT2D eigenvalue weighted by Gasteiger charge is 2.34. The van der Waals surface area contributed by atoms with Gasteiger partial charge in [-0.25, -0.2) is 24.3 Å². The van der Waals surface area contributed by atoms with Crippen LogP contribution in [0.4, 0.5) is 23.4 Å². The molecule has 0 fully saturated rings. The number of alkyl halides is 3. The second-order valence-electron chi connectivity index (χ2n) is 6.66. The highest BCUT2D eigenvalue weighted by Crippen LogP contribution is 2.32. The maximum absolute atomic E-state index is 13.3. The van der Waals surface area contributed by atoms with E-state index in [9.17, 15) is 22.1 Å². The SMILES string of the molecule is N[S+]([O-])c1cc(-c2ccc(F)cc2)cc2c(NCc3cnc(C(F)(F)F)nc3)ncnc12. The Labute approximate surface area is 182 Å². The molecule has 4 aromatic rings. The lowest BCUT2D eigenvalue weighted by Crippen LogP contribution is -2.14. The van der Waals surface area contributed by atoms with E-state index in [2.05, 4.69) is 25.3 Å². The molecule has 0 bridgehead atoms. The normalized spacial score (nSPS) is 12.7. The average Bonchev–Trinajstić information content (AvgIpc) is 2.77. The van der Waals surface area contributed by atoms with Crippen LogP contribution in [0, 0.1) is 5.82 Å². The van der Waals surface area contributed by atoms with E-state index in [4.69, 9.17) is 5.14 Å². The van der Waals surface area contributed by atoms with Gasteiger partial charge in [0, 0.05) is 36.0 Å². The van der Waals surface area contributed by atoms with Gasteiger partial charge in [0.25, 0.3) is 0 Å². The van der Waals surface area contributed by atoms with E-state index >= 15 is 0 Å². The molecule has 3 N–H and O–H groups in total. The van der Waals surface area contributed by atoms with Crippen molar-refractivity contribution in [2.75, 3.05) is 5.32 Å². The molecule has 0 aliphatic rings. The van der Waals surface area contributed by atoms with Crippen molar-refractivity contribution < 1.29 is 22.1 Å². The van der Waals surface area contributed by atoms with Crippen molar-refractivity contribution in [3.05, 3.63) is 72.3 Å². The number of nitrogens with two attached hydrogens (primary N) is 1. The second kappa shape index (κ2) is 8.65. The number of nitrogens with one attached hydrogen (secondary N) is 1. The molecule has 164 valence electrons. The van der Waals surface area contributed by atoms with Gasteiger partial charge in [0.05, 0.1) is 11.4 Å². The number of hydrogen-bond acceptors (Lipinski definition) is 7. The van der Waals surface area contributed by atoms with E-state index in [1.807, 2.05) is 0 Å². The molecule has 1 atom stereocenters. The molecule has 0 saturated carbocycles. The Morgan fingerprint density at radius 1 is 0.969 bits per heavy atom. The largest absolute Gasteiger partial charge is 0.593 e. The molecule has 0 aliphatic heterocycles. The van der Waals surface area contributed by atoms with Gasteiger partial charge in [0.1, 0.15) is 23.5 Å². The number of fused-ring (bicyclic) bond motifs is 1. The van der Waals surface area contributed by atoms with Crippen LogP contribution in [0.1, 0.15) is 11.4 Å². The monoisotopic (exact) mass is 462 g/mol. The van der Waals surface area contributed by atoms with Crippen molar-refractivity contribution in [1.29, 1.82) is 0 Å². The predicted molar refractivity (Wildman–Crippen MR) is 110 cm³/mol. The van der Waals surface area contributed by atoms with Crippen molar-refractivity contribution in [2.45, 2.75) is 17.6 Å². The fourth-order valence-electron chi connectivity index (χ4n) is 3.02. The van der Waals surface area contributed by atoms with Crippen molar-refractivity contribution in [2.24, 2.45) is 5.14 Å². The van der Waals surface area contributed by atoms with Gasteiger partial charge in [-0.05, 0) is 29.3 Å². The van der Waals surface area contributed by atoms with Crippen LogP contribution in [0.25, 0.3) is 22.0 Å². The zero-order chi connectivity index (χ0) is 22.9. The second-order valence-corrected chi connectivity index (χ2v) is 7.70. The Morgan fingerprint density at radius 3 is 2.28 bits per heavy atom. The lowest BCUT2D eigenvalue weighted by atomic mass is 10.0. The standard InChI is InChI=1S/C20H14F4N6OS/c21-14-3-1-12(2-4-14)13-5-15-17(16(6-13)32(25)31)29-10-30-18(15)26-7-11-8-27-19(28-9-11)20(22,23)24/h1-6,8-10H,7,25H2,(H,26,29,30). The Bertz CT molecular complexity index is 1250. The summed E-state index contributed by atoms with van der Waals surface area (Å²) < 4.78 is 63.4. The van der Waals surface area contributed by atoms with Gasteiger partial charge in [-0.15, -0.1) is 5.14 Å². The lowest BCUT2D eigenvalue weighted by Gasteiger charge is -2.13. The summed E-state index contributed by atoms with van der Waals surface area (Å²) in [5.74, 6) is -1.29. The molecule has 0 radical (unpaired) electrons. The molecule has 1 unspecified atom stereocenters. The number of halogens is 4. The van der Waals surface area contributed by atoms with E-state index in [0.717, 1.165) is 12.4 Å². The summed E-state index contributed by atoms with van der Waals surface area (Å²) in [5.41, 5.74) is 2.01. The fourth-order valence-corrected chi connectivity index (χ4v) is 3.61. The predicted octanol–water partition coefficient (Wildman–Crippen LogP) is 3.84. The summed E-state index contributed by atoms with van der Waals surface area (Å²) >= 11 is -1.87. The molecule has 2 aromatic carbocycles. The summed E-state index contributed by atoms with van der Waals surface area (Å²) in [4.78, 5) is 15.3. The van der Waals surface area contributed by atoms with E-state index in [-0.39, 0.29) is 11.4 Å². The molecule has 2 aromatic heterocycles. The van der Waals surface area contributed by atoms with Gasteiger partial charge in [0.15, 0.2) is 0 Å². The highest BCUT2D eigenvalue weighted by molar-refractivity contribution is 7.89. The summed E-state index contributed by atoms with van der Waals surface area (Å²) in [7, 11) is 0. The average molecular weight is 462 g/mol. The minimum absolute atomic E-state index is 0.0755. The number of rotatable bonds is 5. The third kappa shape index (κ3) is 4.61. The van der Waals surface area contributed by atoms with Crippen molar-refractivity contribution in [1.82, 2.24) is 19.9 Å². The number of benzene rings is 2. The molecule has 0 amide bonds. The Morgan fingerprint density at radius 2 is 1.66 bits per heavy atom. The van der Waals surface area contributed by atoms with Gasteiger partial charge >= 0.3 is 6.18 Å². The molecule has 7 nitrogen and oxygen atoms in total. The van der Waals surface area contributed by atoms with Crippen molar-refractivity contribution in [3.63, 3.8) is 0 Å². The lowest BCUT2D eigenvalue weighted by molar-refractivity contribution is -0.145. The first-order valence-corrected chi connectivity index (χ1v) is 10.3. The molecular weight excluding hydrogens is 448 g/mol. The van der Waals surface area contributed by atoms with Crippen molar-refractivity contribution in [3.8, 4) is 11.1 Å². The zero-order valence-electron chi connectivity index (χ0n) is 16.1. The number of hydrogen-bond donors (Lipinski definition) is 2. The highest BCUT2D eigenvalue weighted by atomic mass is 32.2. The van der Waals surface area contributed by atoms with E-state index in [0.29, 0.717) is 33.4 Å². The van der Waals surface area contributed by atoms with Crippen LogP contribution in [0.3, 0.4) is 0 Å². The zero-order valence-corrected chi connectivity index (χ0v) is 16.9. The Kier molecular flexibility index (Phi) is 5.91. The van der Waals surface area contributed by atoms with Gasteiger partial charge in [-0.3, -0.25) is 0 Å². The van der Waals surface area contributed by atoms with E-state index in [1.165, 1.54) is 18.5 Å². The maximum Gasteiger partial charge on any atom is 0.451 e. The van der Waals surface area contributed by atoms with Gasteiger partial charge in [-0.1, -0.05) is 12.1 Å². The number of nitrogens with zero attached hydrogens (tertiary/aromatic N) is 4. The number of anilines is 1. The first kappa shape index (κ1) is 21.9. The molecule has 0 saturated heterocycles.